The number of pyridine rings is 2. The molecule has 4 unspecified atom stereocenters. The summed E-state index contributed by atoms with van der Waals surface area (Å²) < 4.78 is 21.1. The van der Waals surface area contributed by atoms with Crippen LogP contribution >= 0.6 is 0 Å². The van der Waals surface area contributed by atoms with Crippen molar-refractivity contribution >= 4 is 57.1 Å². The highest BCUT2D eigenvalue weighted by Crippen LogP contribution is 2.59. The molecule has 6 aromatic rings. The number of aromatic nitrogens is 6. The molecule has 4 N–H and O–H groups in total. The van der Waals surface area contributed by atoms with Crippen molar-refractivity contribution in [2.75, 3.05) is 40.6 Å². The molecule has 70 heavy (non-hydrogen) atoms. The van der Waals surface area contributed by atoms with Gasteiger partial charge in [-0.15, -0.1) is 0 Å². The van der Waals surface area contributed by atoms with E-state index >= 15 is 0 Å². The van der Waals surface area contributed by atoms with E-state index in [9.17, 15) is 19.2 Å². The Morgan fingerprint density at radius 3 is 1.41 bits per heavy atom. The maximum absolute atomic E-state index is 14.5. The van der Waals surface area contributed by atoms with Gasteiger partial charge in [0.05, 0.1) is 59.4 Å². The summed E-state index contributed by atoms with van der Waals surface area (Å²) >= 11 is 0. The fraction of sp³-hybridized carbons (Fsp3) is 0.500. The molecule has 10 atom stereocenters. The molecule has 12 rings (SSSR count). The number of piperidine rings is 2. The topological polar surface area (TPSA) is 219 Å². The van der Waals surface area contributed by atoms with Crippen LogP contribution in [0.5, 0.6) is 0 Å². The van der Waals surface area contributed by atoms with Crippen molar-refractivity contribution in [3.8, 4) is 22.3 Å². The van der Waals surface area contributed by atoms with Crippen molar-refractivity contribution in [1.82, 2.24) is 50.3 Å². The van der Waals surface area contributed by atoms with Crippen LogP contribution in [0.3, 0.4) is 0 Å². The van der Waals surface area contributed by atoms with Crippen LogP contribution in [0.1, 0.15) is 76.1 Å². The number of carbonyl (C=O) groups excluding carboxylic acids is 4. The van der Waals surface area contributed by atoms with Crippen LogP contribution in [0.15, 0.2) is 60.9 Å². The lowest BCUT2D eigenvalue weighted by Crippen LogP contribution is -2.54. The highest BCUT2D eigenvalue weighted by molar-refractivity contribution is 5.91. The van der Waals surface area contributed by atoms with E-state index in [-0.39, 0.29) is 47.8 Å². The van der Waals surface area contributed by atoms with Crippen LogP contribution in [-0.2, 0) is 28.5 Å². The van der Waals surface area contributed by atoms with Crippen LogP contribution < -0.4 is 10.6 Å². The molecule has 6 aliphatic rings. The van der Waals surface area contributed by atoms with Gasteiger partial charge in [-0.25, -0.2) is 19.6 Å². The molecule has 4 aromatic heterocycles. The molecule has 2 aliphatic carbocycles. The minimum Gasteiger partial charge on any atom is -0.453 e. The number of hydrogen-bond acceptors (Lipinski definition) is 12. The standard InChI is InChI=1S/C52H58N10O8/c1-25-33-21-41(61(45(25)33)49(63)43(59-51(65)67-3)27-9-13-69-14-10-27)47-55-35-7-5-29(17-39(35)57-47)31-19-37-38(53-23-31)20-32(24-54-37)30-6-8-36-40(18-30)58-48(56-36)42-22-34-26(2)46(34)62(42)50(64)44(60-52(66)68-4)28-11-15-70-16-12-28/h5-8,17-20,23-28,33-34,41-46H,9-16,21-22H2,1-4H3,(H,55,57)(H,56,58)(H,59,65)(H,60,66)/t25-,26-,33?,34?,41+,42+,43+,44+,45?,46?/m1/s1. The molecule has 18 nitrogen and oxygen atoms in total. The monoisotopic (exact) mass is 950 g/mol. The number of hydrogen-bond donors (Lipinski definition) is 4. The number of rotatable bonds is 10. The maximum atomic E-state index is 14.5. The number of imidazole rings is 2. The third-order valence-electron chi connectivity index (χ3n) is 16.6. The fourth-order valence-electron chi connectivity index (χ4n) is 12.5. The fourth-order valence-corrected chi connectivity index (χ4v) is 12.5. The number of ether oxygens (including phenoxy) is 4. The number of H-pyrrole nitrogens is 2. The number of likely N-dealkylation sites (tertiary alicyclic amines) is 2. The molecule has 2 saturated carbocycles. The zero-order valence-corrected chi connectivity index (χ0v) is 39.7. The second kappa shape index (κ2) is 17.6. The van der Waals surface area contributed by atoms with Crippen molar-refractivity contribution < 1.29 is 38.1 Å². The minimum absolute atomic E-state index is 0.0461. The summed E-state index contributed by atoms with van der Waals surface area (Å²) in [6.07, 6.45) is 6.86. The van der Waals surface area contributed by atoms with Crippen molar-refractivity contribution in [3.63, 3.8) is 0 Å². The average Bonchev–Trinajstić information content (AvgIpc) is 3.81. The third kappa shape index (κ3) is 7.79. The molecule has 4 saturated heterocycles. The Kier molecular flexibility index (Phi) is 11.2. The first-order valence-corrected chi connectivity index (χ1v) is 24.8. The van der Waals surface area contributed by atoms with Gasteiger partial charge in [0.15, 0.2) is 0 Å². The van der Waals surface area contributed by atoms with E-state index < -0.39 is 24.3 Å². The predicted molar refractivity (Wildman–Crippen MR) is 257 cm³/mol. The van der Waals surface area contributed by atoms with Gasteiger partial charge in [0.2, 0.25) is 11.8 Å². The molecule has 0 radical (unpaired) electrons. The zero-order valence-electron chi connectivity index (χ0n) is 39.7. The second-order valence-corrected chi connectivity index (χ2v) is 20.3. The SMILES string of the molecule is COC(=O)N[C@H](C(=O)N1C2C(C[C@H]1c1nc3ccc(-c4cnc5cc(-c6ccc7nc([C@@H]8CC9C([C@@H]9C)N8C(=O)[C@@H](NC(=O)OC)C8CCOCC8)[nH]c7c6)cnc5c4)cc3[nH]1)[C@H]2C)C1CCOCC1. The average molecular weight is 951 g/mol. The van der Waals surface area contributed by atoms with E-state index in [0.717, 1.165) is 79.8 Å². The van der Waals surface area contributed by atoms with E-state index in [1.807, 2.05) is 58.6 Å². The van der Waals surface area contributed by atoms with Crippen molar-refractivity contribution in [2.24, 2.45) is 35.5 Å². The summed E-state index contributed by atoms with van der Waals surface area (Å²) in [4.78, 5) is 84.9. The summed E-state index contributed by atoms with van der Waals surface area (Å²) in [5.41, 5.74) is 8.55. The Hall–Kier alpha value is -6.66. The highest BCUT2D eigenvalue weighted by Gasteiger charge is 2.63. The lowest BCUT2D eigenvalue weighted by Gasteiger charge is -2.35. The Morgan fingerprint density at radius 2 is 1.01 bits per heavy atom. The Labute approximate surface area is 404 Å². The number of fused-ring (bicyclic) bond motifs is 5. The molecule has 0 bridgehead atoms. The first-order chi connectivity index (χ1) is 34.1. The van der Waals surface area contributed by atoms with Gasteiger partial charge in [-0.05, 0) is 122 Å². The second-order valence-electron chi connectivity index (χ2n) is 20.3. The number of aromatic amines is 2. The van der Waals surface area contributed by atoms with Crippen LogP contribution in [0.25, 0.3) is 55.4 Å². The highest BCUT2D eigenvalue weighted by atomic mass is 16.5. The van der Waals surface area contributed by atoms with Gasteiger partial charge in [-0.1, -0.05) is 26.0 Å². The number of benzene rings is 2. The molecular formula is C52H58N10O8. The van der Waals surface area contributed by atoms with E-state index in [0.29, 0.717) is 75.8 Å². The van der Waals surface area contributed by atoms with Gasteiger partial charge in [-0.2, -0.15) is 0 Å². The van der Waals surface area contributed by atoms with Gasteiger partial charge < -0.3 is 49.3 Å². The molecule has 364 valence electrons. The van der Waals surface area contributed by atoms with E-state index in [4.69, 9.17) is 38.9 Å². The lowest BCUT2D eigenvalue weighted by molar-refractivity contribution is -0.139. The number of amides is 4. The van der Waals surface area contributed by atoms with Crippen molar-refractivity contribution in [1.29, 1.82) is 0 Å². The third-order valence-corrected chi connectivity index (χ3v) is 16.6. The lowest BCUT2D eigenvalue weighted by atomic mass is 9.90. The molecule has 8 heterocycles. The summed E-state index contributed by atoms with van der Waals surface area (Å²) in [6.45, 7) is 6.59. The van der Waals surface area contributed by atoms with E-state index in [2.05, 4.69) is 46.6 Å². The number of carbonyl (C=O) groups is 4. The van der Waals surface area contributed by atoms with Crippen molar-refractivity contribution in [3.05, 3.63) is 72.6 Å². The molecule has 0 spiro atoms. The van der Waals surface area contributed by atoms with Gasteiger partial charge in [-0.3, -0.25) is 19.6 Å². The van der Waals surface area contributed by atoms with E-state index in [1.165, 1.54) is 14.2 Å². The van der Waals surface area contributed by atoms with Gasteiger partial charge in [0.1, 0.15) is 23.7 Å². The normalized spacial score (nSPS) is 27.3. The van der Waals surface area contributed by atoms with Crippen molar-refractivity contribution in [2.45, 2.75) is 88.6 Å². The Balaban J connectivity index is 0.771. The molecular weight excluding hydrogens is 893 g/mol. The molecule has 2 aromatic carbocycles. The van der Waals surface area contributed by atoms with Crippen LogP contribution in [0.4, 0.5) is 9.59 Å². The number of methoxy groups -OCH3 is 2. The molecule has 4 amide bonds. The number of nitrogens with one attached hydrogen (secondary N) is 4. The van der Waals surface area contributed by atoms with Crippen LogP contribution in [0.2, 0.25) is 0 Å². The number of nitrogens with zero attached hydrogens (tertiary/aromatic N) is 6. The maximum Gasteiger partial charge on any atom is 0.407 e. The van der Waals surface area contributed by atoms with Gasteiger partial charge in [0, 0.05) is 62.0 Å². The first-order valence-electron chi connectivity index (χ1n) is 24.8. The summed E-state index contributed by atoms with van der Waals surface area (Å²) in [5.74, 6) is 2.74. The zero-order chi connectivity index (χ0) is 47.9. The summed E-state index contributed by atoms with van der Waals surface area (Å²) in [5, 5.41) is 5.75. The van der Waals surface area contributed by atoms with Gasteiger partial charge in [0.25, 0.3) is 0 Å². The minimum atomic E-state index is -0.705. The number of alkyl carbamates (subject to hydrolysis) is 2. The Bertz CT molecular complexity index is 2830. The summed E-state index contributed by atoms with van der Waals surface area (Å²) in [7, 11) is 2.64. The smallest absolute Gasteiger partial charge is 0.407 e. The van der Waals surface area contributed by atoms with Crippen LogP contribution in [-0.4, -0.2) is 129 Å². The molecule has 4 aliphatic heterocycles. The quantitative estimate of drug-likeness (QED) is 0.111. The van der Waals surface area contributed by atoms with Gasteiger partial charge >= 0.3 is 12.2 Å². The molecule has 18 heteroatoms. The Morgan fingerprint density at radius 1 is 0.600 bits per heavy atom. The largest absolute Gasteiger partial charge is 0.453 e. The van der Waals surface area contributed by atoms with Crippen LogP contribution in [0, 0.1) is 35.5 Å². The first kappa shape index (κ1) is 44.5. The van der Waals surface area contributed by atoms with E-state index in [1.54, 1.807) is 0 Å². The predicted octanol–water partition coefficient (Wildman–Crippen LogP) is 6.83. The molecule has 6 fully saturated rings. The summed E-state index contributed by atoms with van der Waals surface area (Å²) in [6, 6.07) is 14.6.